The number of nitrogens with zero attached hydrogens (tertiary/aromatic N) is 2. The molecule has 0 fully saturated rings. The third-order valence-corrected chi connectivity index (χ3v) is 4.35. The van der Waals surface area contributed by atoms with Crippen molar-refractivity contribution in [3.05, 3.63) is 24.3 Å². The maximum absolute atomic E-state index is 11.3. The van der Waals surface area contributed by atoms with E-state index in [1.165, 1.54) is 38.1 Å². The molecule has 0 spiro atoms. The van der Waals surface area contributed by atoms with E-state index in [9.17, 15) is 4.79 Å². The van der Waals surface area contributed by atoms with Gasteiger partial charge in [0.15, 0.2) is 5.16 Å². The summed E-state index contributed by atoms with van der Waals surface area (Å²) in [5.41, 5.74) is 2.13. The van der Waals surface area contributed by atoms with Crippen LogP contribution in [0.4, 0.5) is 0 Å². The molecule has 1 aromatic carbocycles. The van der Waals surface area contributed by atoms with Crippen LogP contribution in [0.5, 0.6) is 0 Å². The minimum absolute atomic E-state index is 0.218. The molecular formula is C16H22N2O2S. The first-order chi connectivity index (χ1) is 10.3. The van der Waals surface area contributed by atoms with E-state index in [-0.39, 0.29) is 5.97 Å². The number of aromatic nitrogens is 2. The molecule has 1 aromatic heterocycles. The van der Waals surface area contributed by atoms with E-state index >= 15 is 0 Å². The van der Waals surface area contributed by atoms with Crippen LogP contribution in [-0.2, 0) is 16.1 Å². The van der Waals surface area contributed by atoms with E-state index in [0.717, 1.165) is 29.2 Å². The Hall–Kier alpha value is -1.49. The van der Waals surface area contributed by atoms with Gasteiger partial charge in [0.25, 0.3) is 0 Å². The molecule has 0 amide bonds. The number of para-hydroxylation sites is 2. The van der Waals surface area contributed by atoms with Crippen LogP contribution in [0.2, 0.25) is 0 Å². The van der Waals surface area contributed by atoms with E-state index in [1.807, 2.05) is 18.2 Å². The Morgan fingerprint density at radius 2 is 2.10 bits per heavy atom. The van der Waals surface area contributed by atoms with Crippen LogP contribution in [0.15, 0.2) is 29.4 Å². The molecule has 0 N–H and O–H groups in total. The summed E-state index contributed by atoms with van der Waals surface area (Å²) < 4.78 is 6.92. The van der Waals surface area contributed by atoms with Crippen molar-refractivity contribution in [2.24, 2.45) is 0 Å². The molecule has 114 valence electrons. The largest absolute Gasteiger partial charge is 0.468 e. The van der Waals surface area contributed by atoms with E-state index in [1.54, 1.807) is 0 Å². The predicted molar refractivity (Wildman–Crippen MR) is 86.6 cm³/mol. The molecular weight excluding hydrogens is 284 g/mol. The number of benzene rings is 1. The van der Waals surface area contributed by atoms with Crippen molar-refractivity contribution in [1.29, 1.82) is 0 Å². The molecule has 21 heavy (non-hydrogen) atoms. The quantitative estimate of drug-likeness (QED) is 0.422. The summed E-state index contributed by atoms with van der Waals surface area (Å²) in [5.74, 6) is 0.0824. The van der Waals surface area contributed by atoms with Crippen LogP contribution >= 0.6 is 11.8 Å². The lowest BCUT2D eigenvalue weighted by Gasteiger charge is -2.08. The standard InChI is InChI=1S/C16H22N2O2S/c1-3-4-5-8-11-18-14-10-7-6-9-13(14)17-16(18)21-12-15(19)20-2/h6-7,9-10H,3-5,8,11-12H2,1-2H3. The van der Waals surface area contributed by atoms with E-state index < -0.39 is 0 Å². The van der Waals surface area contributed by atoms with Crippen molar-refractivity contribution in [1.82, 2.24) is 9.55 Å². The van der Waals surface area contributed by atoms with Gasteiger partial charge in [-0.25, -0.2) is 4.98 Å². The molecule has 0 aliphatic carbocycles. The Kier molecular flexibility index (Phi) is 6.11. The topological polar surface area (TPSA) is 44.1 Å². The molecule has 0 radical (unpaired) electrons. The Morgan fingerprint density at radius 3 is 2.86 bits per heavy atom. The van der Waals surface area contributed by atoms with Crippen LogP contribution in [-0.4, -0.2) is 28.4 Å². The fourth-order valence-corrected chi connectivity index (χ4v) is 3.13. The van der Waals surface area contributed by atoms with Crippen molar-refractivity contribution in [3.63, 3.8) is 0 Å². The van der Waals surface area contributed by atoms with Gasteiger partial charge in [-0.05, 0) is 18.6 Å². The molecule has 0 saturated heterocycles. The van der Waals surface area contributed by atoms with Gasteiger partial charge in [-0.3, -0.25) is 4.79 Å². The highest BCUT2D eigenvalue weighted by Gasteiger charge is 2.12. The average molecular weight is 306 g/mol. The second-order valence-corrected chi connectivity index (χ2v) is 5.90. The van der Waals surface area contributed by atoms with Crippen molar-refractivity contribution < 1.29 is 9.53 Å². The lowest BCUT2D eigenvalue weighted by atomic mass is 10.2. The molecule has 1 heterocycles. The summed E-state index contributed by atoms with van der Waals surface area (Å²) in [7, 11) is 1.41. The number of carbonyl (C=O) groups excluding carboxylic acids is 1. The molecule has 0 atom stereocenters. The molecule has 0 bridgehead atoms. The monoisotopic (exact) mass is 306 g/mol. The Morgan fingerprint density at radius 1 is 1.29 bits per heavy atom. The number of aryl methyl sites for hydroxylation is 1. The number of methoxy groups -OCH3 is 1. The van der Waals surface area contributed by atoms with Crippen LogP contribution in [0.3, 0.4) is 0 Å². The van der Waals surface area contributed by atoms with Gasteiger partial charge in [0.05, 0.1) is 23.9 Å². The van der Waals surface area contributed by atoms with Gasteiger partial charge in [-0.1, -0.05) is 50.1 Å². The normalized spacial score (nSPS) is 11.0. The summed E-state index contributed by atoms with van der Waals surface area (Å²) in [6, 6.07) is 8.12. The Bertz CT molecular complexity index is 595. The Labute approximate surface area is 129 Å². The van der Waals surface area contributed by atoms with Gasteiger partial charge in [0.1, 0.15) is 0 Å². The van der Waals surface area contributed by atoms with Crippen LogP contribution in [0.25, 0.3) is 11.0 Å². The lowest BCUT2D eigenvalue weighted by Crippen LogP contribution is -2.06. The fourth-order valence-electron chi connectivity index (χ4n) is 2.26. The van der Waals surface area contributed by atoms with E-state index in [2.05, 4.69) is 22.5 Å². The van der Waals surface area contributed by atoms with Gasteiger partial charge >= 0.3 is 5.97 Å². The first-order valence-corrected chi connectivity index (χ1v) is 8.39. The second-order valence-electron chi connectivity index (χ2n) is 4.96. The van der Waals surface area contributed by atoms with Crippen molar-refractivity contribution in [3.8, 4) is 0 Å². The molecule has 0 saturated carbocycles. The van der Waals surface area contributed by atoms with Gasteiger partial charge in [0.2, 0.25) is 0 Å². The number of esters is 1. The van der Waals surface area contributed by atoms with Crippen molar-refractivity contribution in [2.45, 2.75) is 44.3 Å². The summed E-state index contributed by atoms with van der Waals surface area (Å²) in [4.78, 5) is 16.0. The first-order valence-electron chi connectivity index (χ1n) is 7.41. The zero-order chi connectivity index (χ0) is 15.1. The van der Waals surface area contributed by atoms with E-state index in [0.29, 0.717) is 5.75 Å². The highest BCUT2D eigenvalue weighted by atomic mass is 32.2. The number of carbonyl (C=O) groups is 1. The number of imidazole rings is 1. The second kappa shape index (κ2) is 8.08. The average Bonchev–Trinajstić information content (AvgIpc) is 2.87. The third-order valence-electron chi connectivity index (χ3n) is 3.40. The summed E-state index contributed by atoms with van der Waals surface area (Å²) >= 11 is 1.45. The van der Waals surface area contributed by atoms with Gasteiger partial charge < -0.3 is 9.30 Å². The van der Waals surface area contributed by atoms with E-state index in [4.69, 9.17) is 4.74 Å². The maximum Gasteiger partial charge on any atom is 0.316 e. The van der Waals surface area contributed by atoms with Crippen LogP contribution in [0.1, 0.15) is 32.6 Å². The molecule has 2 rings (SSSR count). The zero-order valence-corrected chi connectivity index (χ0v) is 13.5. The number of ether oxygens (including phenoxy) is 1. The van der Waals surface area contributed by atoms with Crippen LogP contribution in [0, 0.1) is 0 Å². The zero-order valence-electron chi connectivity index (χ0n) is 12.7. The maximum atomic E-state index is 11.3. The number of unbranched alkanes of at least 4 members (excludes halogenated alkanes) is 3. The first kappa shape index (κ1) is 15.9. The molecule has 0 aliphatic heterocycles. The summed E-state index contributed by atoms with van der Waals surface area (Å²) in [6.45, 7) is 3.16. The number of rotatable bonds is 8. The Balaban J connectivity index is 2.15. The lowest BCUT2D eigenvalue weighted by molar-refractivity contribution is -0.137. The highest BCUT2D eigenvalue weighted by Crippen LogP contribution is 2.24. The van der Waals surface area contributed by atoms with Crippen molar-refractivity contribution in [2.75, 3.05) is 12.9 Å². The molecule has 2 aromatic rings. The van der Waals surface area contributed by atoms with Gasteiger partial charge in [-0.2, -0.15) is 0 Å². The number of hydrogen-bond acceptors (Lipinski definition) is 4. The predicted octanol–water partition coefficient (Wildman–Crippen LogP) is 3.88. The third kappa shape index (κ3) is 4.24. The smallest absolute Gasteiger partial charge is 0.316 e. The SMILES string of the molecule is CCCCCCn1c(SCC(=O)OC)nc2ccccc21. The number of fused-ring (bicyclic) bond motifs is 1. The molecule has 0 unspecified atom stereocenters. The molecule has 5 heteroatoms. The minimum atomic E-state index is -0.218. The fraction of sp³-hybridized carbons (Fsp3) is 0.500. The molecule has 0 aliphatic rings. The van der Waals surface area contributed by atoms with Crippen LogP contribution < -0.4 is 0 Å². The minimum Gasteiger partial charge on any atom is -0.468 e. The van der Waals surface area contributed by atoms with Gasteiger partial charge in [0, 0.05) is 6.54 Å². The highest BCUT2D eigenvalue weighted by molar-refractivity contribution is 7.99. The number of hydrogen-bond donors (Lipinski definition) is 0. The number of thioether (sulfide) groups is 1. The summed E-state index contributed by atoms with van der Waals surface area (Å²) in [5, 5.41) is 0.901. The van der Waals surface area contributed by atoms with Gasteiger partial charge in [-0.15, -0.1) is 0 Å². The van der Waals surface area contributed by atoms with Crippen molar-refractivity contribution >= 4 is 28.8 Å². The summed E-state index contributed by atoms with van der Waals surface area (Å²) in [6.07, 6.45) is 4.86. The molecule has 4 nitrogen and oxygen atoms in total.